The van der Waals surface area contributed by atoms with E-state index in [1.54, 1.807) is 17.6 Å². The molecule has 30 heavy (non-hydrogen) atoms. The highest BCUT2D eigenvalue weighted by molar-refractivity contribution is 7.71. The van der Waals surface area contributed by atoms with E-state index in [0.717, 1.165) is 22.0 Å². The number of benzene rings is 1. The topological polar surface area (TPSA) is 88.7 Å². The summed E-state index contributed by atoms with van der Waals surface area (Å²) in [5.74, 6) is 1.30. The fourth-order valence-electron chi connectivity index (χ4n) is 3.00. The normalized spacial score (nSPS) is 11.0. The van der Waals surface area contributed by atoms with Crippen LogP contribution in [0, 0.1) is 11.7 Å². The largest absolute Gasteiger partial charge is 0.444 e. The van der Waals surface area contributed by atoms with Crippen LogP contribution in [0.25, 0.3) is 22.2 Å². The summed E-state index contributed by atoms with van der Waals surface area (Å²) < 4.78 is 7.92. The van der Waals surface area contributed by atoms with Crippen molar-refractivity contribution in [2.45, 2.75) is 26.3 Å². The highest BCUT2D eigenvalue weighted by Crippen LogP contribution is 2.23. The van der Waals surface area contributed by atoms with Crippen molar-refractivity contribution in [3.05, 3.63) is 64.1 Å². The molecule has 0 fully saturated rings. The van der Waals surface area contributed by atoms with E-state index in [9.17, 15) is 4.79 Å². The van der Waals surface area contributed by atoms with Crippen molar-refractivity contribution in [3.8, 4) is 22.2 Å². The number of aromatic amines is 1. The molecule has 0 saturated carbocycles. The number of oxazole rings is 1. The third kappa shape index (κ3) is 4.74. The van der Waals surface area contributed by atoms with Crippen LogP contribution in [0.15, 0.2) is 52.5 Å². The average Bonchev–Trinajstić information content (AvgIpc) is 3.48. The van der Waals surface area contributed by atoms with Crippen LogP contribution in [0.3, 0.4) is 0 Å². The Morgan fingerprint density at radius 2 is 2.13 bits per heavy atom. The zero-order valence-corrected chi connectivity index (χ0v) is 18.1. The summed E-state index contributed by atoms with van der Waals surface area (Å²) in [6.07, 6.45) is 2.56. The van der Waals surface area contributed by atoms with Gasteiger partial charge in [-0.3, -0.25) is 14.5 Å². The second-order valence-corrected chi connectivity index (χ2v) is 8.18. The van der Waals surface area contributed by atoms with Crippen molar-refractivity contribution in [3.63, 3.8) is 0 Å². The number of carbonyl (C=O) groups excluding carboxylic acids is 1. The van der Waals surface area contributed by atoms with Crippen LogP contribution in [-0.4, -0.2) is 32.2 Å². The molecule has 0 aliphatic rings. The van der Waals surface area contributed by atoms with Gasteiger partial charge in [0.1, 0.15) is 6.26 Å². The van der Waals surface area contributed by atoms with E-state index < -0.39 is 0 Å². The molecule has 0 atom stereocenters. The van der Waals surface area contributed by atoms with Gasteiger partial charge in [-0.2, -0.15) is 5.10 Å². The van der Waals surface area contributed by atoms with Gasteiger partial charge in [0.15, 0.2) is 10.6 Å². The van der Waals surface area contributed by atoms with Crippen LogP contribution in [0.1, 0.15) is 17.7 Å². The minimum absolute atomic E-state index is 0.0440. The summed E-state index contributed by atoms with van der Waals surface area (Å²) in [5.41, 5.74) is 2.93. The molecule has 0 aliphatic heterocycles. The van der Waals surface area contributed by atoms with Crippen LogP contribution >= 0.6 is 23.6 Å². The van der Waals surface area contributed by atoms with Gasteiger partial charge in [0, 0.05) is 31.5 Å². The molecule has 0 unspecified atom stereocenters. The molecule has 1 amide bonds. The summed E-state index contributed by atoms with van der Waals surface area (Å²) in [6, 6.07) is 12.0. The first kappa shape index (κ1) is 20.2. The average molecular weight is 440 g/mol. The Labute approximate surface area is 182 Å². The maximum absolute atomic E-state index is 12.3. The van der Waals surface area contributed by atoms with Gasteiger partial charge >= 0.3 is 0 Å². The first-order valence-electron chi connectivity index (χ1n) is 9.57. The van der Waals surface area contributed by atoms with Crippen molar-refractivity contribution in [1.29, 1.82) is 0 Å². The first-order valence-corrected chi connectivity index (χ1v) is 10.9. The maximum Gasteiger partial charge on any atom is 0.226 e. The molecule has 1 aromatic carbocycles. The van der Waals surface area contributed by atoms with Gasteiger partial charge in [-0.15, -0.1) is 11.3 Å². The van der Waals surface area contributed by atoms with E-state index in [1.165, 1.54) is 5.56 Å². The lowest BCUT2D eigenvalue weighted by Crippen LogP contribution is -2.26. The monoisotopic (exact) mass is 439 g/mol. The maximum atomic E-state index is 12.3. The molecular weight excluding hydrogens is 418 g/mol. The lowest BCUT2D eigenvalue weighted by atomic mass is 10.1. The third-order valence-corrected chi connectivity index (χ3v) is 5.79. The predicted molar refractivity (Wildman–Crippen MR) is 119 cm³/mol. The molecule has 4 aromatic rings. The summed E-state index contributed by atoms with van der Waals surface area (Å²) in [4.78, 5) is 17.8. The quantitative estimate of drug-likeness (QED) is 0.398. The number of carbonyl (C=O) groups is 1. The van der Waals surface area contributed by atoms with Crippen molar-refractivity contribution in [2.24, 2.45) is 0 Å². The lowest BCUT2D eigenvalue weighted by molar-refractivity contribution is -0.121. The smallest absolute Gasteiger partial charge is 0.226 e. The van der Waals surface area contributed by atoms with Crippen LogP contribution in [-0.2, 0) is 17.8 Å². The van der Waals surface area contributed by atoms with E-state index in [2.05, 4.69) is 20.5 Å². The fourth-order valence-corrected chi connectivity index (χ4v) is 3.95. The molecule has 4 rings (SSSR count). The first-order chi connectivity index (χ1) is 14.6. The Balaban J connectivity index is 1.27. The van der Waals surface area contributed by atoms with Gasteiger partial charge in [0.2, 0.25) is 11.8 Å². The molecule has 9 heteroatoms. The summed E-state index contributed by atoms with van der Waals surface area (Å²) >= 11 is 6.88. The molecule has 2 N–H and O–H groups in total. The van der Waals surface area contributed by atoms with Gasteiger partial charge in [-0.1, -0.05) is 23.8 Å². The SMILES string of the molecule is Cc1ccc(-c2nc(CCNC(=O)CCn3c(-c4cccs4)n[nH]c3=S)co2)cc1. The Kier molecular flexibility index (Phi) is 6.20. The van der Waals surface area contributed by atoms with E-state index in [4.69, 9.17) is 16.6 Å². The Morgan fingerprint density at radius 1 is 1.30 bits per heavy atom. The Morgan fingerprint density at radius 3 is 2.90 bits per heavy atom. The van der Waals surface area contributed by atoms with Crippen molar-refractivity contribution in [2.75, 3.05) is 6.54 Å². The van der Waals surface area contributed by atoms with Crippen molar-refractivity contribution < 1.29 is 9.21 Å². The van der Waals surface area contributed by atoms with Gasteiger partial charge in [-0.25, -0.2) is 4.98 Å². The van der Waals surface area contributed by atoms with E-state index in [-0.39, 0.29) is 5.91 Å². The second kappa shape index (κ2) is 9.19. The van der Waals surface area contributed by atoms with Gasteiger partial charge in [-0.05, 0) is 42.7 Å². The molecule has 3 aromatic heterocycles. The molecule has 0 aliphatic carbocycles. The zero-order valence-electron chi connectivity index (χ0n) is 16.4. The van der Waals surface area contributed by atoms with E-state index >= 15 is 0 Å². The number of nitrogens with one attached hydrogen (secondary N) is 2. The summed E-state index contributed by atoms with van der Waals surface area (Å²) in [5, 5.41) is 12.0. The van der Waals surface area contributed by atoms with Gasteiger partial charge < -0.3 is 9.73 Å². The van der Waals surface area contributed by atoms with Crippen molar-refractivity contribution in [1.82, 2.24) is 25.1 Å². The molecule has 154 valence electrons. The van der Waals surface area contributed by atoms with Crippen LogP contribution in [0.4, 0.5) is 0 Å². The number of hydrogen-bond donors (Lipinski definition) is 2. The molecule has 3 heterocycles. The standard InChI is InChI=1S/C21H21N5O2S2/c1-14-4-6-15(7-5-14)20-23-16(13-28-20)8-10-22-18(27)9-11-26-19(24-25-21(26)29)17-3-2-12-30-17/h2-7,12-13H,8-11H2,1H3,(H,22,27)(H,25,29). The highest BCUT2D eigenvalue weighted by Gasteiger charge is 2.12. The molecule has 0 saturated heterocycles. The fraction of sp³-hybridized carbons (Fsp3) is 0.238. The number of rotatable bonds is 8. The predicted octanol–water partition coefficient (Wildman–Crippen LogP) is 4.38. The minimum atomic E-state index is -0.0440. The third-order valence-electron chi connectivity index (χ3n) is 4.62. The zero-order chi connectivity index (χ0) is 20.9. The number of aromatic nitrogens is 4. The molecule has 7 nitrogen and oxygen atoms in total. The molecule has 0 spiro atoms. The second-order valence-electron chi connectivity index (χ2n) is 6.84. The molecular formula is C21H21N5O2S2. The number of amides is 1. The minimum Gasteiger partial charge on any atom is -0.444 e. The number of thiophene rings is 1. The van der Waals surface area contributed by atoms with Crippen LogP contribution < -0.4 is 5.32 Å². The number of nitrogens with zero attached hydrogens (tertiary/aromatic N) is 3. The van der Waals surface area contributed by atoms with Gasteiger partial charge in [0.05, 0.1) is 10.6 Å². The highest BCUT2D eigenvalue weighted by atomic mass is 32.1. The Hall–Kier alpha value is -3.04. The lowest BCUT2D eigenvalue weighted by Gasteiger charge is -2.06. The number of aryl methyl sites for hydroxylation is 1. The van der Waals surface area contributed by atoms with E-state index in [0.29, 0.717) is 36.6 Å². The number of hydrogen-bond acceptors (Lipinski definition) is 6. The van der Waals surface area contributed by atoms with Gasteiger partial charge in [0.25, 0.3) is 0 Å². The van der Waals surface area contributed by atoms with Crippen molar-refractivity contribution >= 4 is 29.5 Å². The summed E-state index contributed by atoms with van der Waals surface area (Å²) in [7, 11) is 0. The van der Waals surface area contributed by atoms with E-state index in [1.807, 2.05) is 53.3 Å². The molecule has 0 bridgehead atoms. The number of H-pyrrole nitrogens is 1. The summed E-state index contributed by atoms with van der Waals surface area (Å²) in [6.45, 7) is 3.00. The van der Waals surface area contributed by atoms with Crippen LogP contribution in [0.5, 0.6) is 0 Å². The Bertz CT molecular complexity index is 1170. The molecule has 0 radical (unpaired) electrons. The van der Waals surface area contributed by atoms with Crippen LogP contribution in [0.2, 0.25) is 0 Å².